The van der Waals surface area contributed by atoms with Crippen molar-refractivity contribution in [1.29, 1.82) is 0 Å². The van der Waals surface area contributed by atoms with Crippen LogP contribution in [0.4, 0.5) is 0 Å². The van der Waals surface area contributed by atoms with Crippen LogP contribution in [-0.2, 0) is 9.53 Å². The summed E-state index contributed by atoms with van der Waals surface area (Å²) in [6.45, 7) is 6.01. The van der Waals surface area contributed by atoms with E-state index in [1.807, 2.05) is 0 Å². The Morgan fingerprint density at radius 1 is 0.821 bits per heavy atom. The Bertz CT molecular complexity index is 495. The molecule has 0 amide bonds. The minimum atomic E-state index is -2.54. The van der Waals surface area contributed by atoms with Crippen LogP contribution in [0.15, 0.2) is 12.2 Å². The second-order valence-corrected chi connectivity index (χ2v) is 17.8. The molecule has 3 aliphatic rings. The van der Waals surface area contributed by atoms with Gasteiger partial charge in [-0.25, -0.2) is 0 Å². The summed E-state index contributed by atoms with van der Waals surface area (Å²) in [6.07, 6.45) is 21.1. The van der Waals surface area contributed by atoms with E-state index in [9.17, 15) is 4.79 Å². The Labute approximate surface area is 177 Å². The molecule has 0 atom stereocenters. The van der Waals surface area contributed by atoms with E-state index in [0.717, 1.165) is 6.16 Å². The SMILES string of the molecule is C=C(C)C(=O)OCCP(Cl)(C1CCCCC1)(C1CCCCC1)C1CCCCC1. The summed E-state index contributed by atoms with van der Waals surface area (Å²) in [7, 11) is 0. The zero-order valence-electron chi connectivity index (χ0n) is 18.1. The van der Waals surface area contributed by atoms with Crippen LogP contribution in [0, 0.1) is 0 Å². The zero-order valence-corrected chi connectivity index (χ0v) is 19.8. The first-order valence-corrected chi connectivity index (χ1v) is 15.5. The number of hydrogen-bond donors (Lipinski definition) is 0. The maximum absolute atomic E-state index is 12.1. The zero-order chi connectivity index (χ0) is 20.1. The van der Waals surface area contributed by atoms with Crippen molar-refractivity contribution >= 4 is 23.2 Å². The maximum atomic E-state index is 12.1. The minimum absolute atomic E-state index is 0.238. The van der Waals surface area contributed by atoms with E-state index < -0.39 is 5.96 Å². The molecular weight excluding hydrogens is 387 g/mol. The predicted octanol–water partition coefficient (Wildman–Crippen LogP) is 7.81. The molecule has 0 aromatic carbocycles. The van der Waals surface area contributed by atoms with Gasteiger partial charge in [0.2, 0.25) is 0 Å². The molecule has 3 fully saturated rings. The summed E-state index contributed by atoms with van der Waals surface area (Å²) in [6, 6.07) is 0. The Hall–Kier alpha value is -0.0700. The standard InChI is InChI=1S/C24H42ClO2P/c1-20(2)24(26)27-18-19-28(25,21-12-6-3-7-13-21,22-14-8-4-9-15-22)23-16-10-5-11-17-23/h21-23H,1,3-19H2,2H3. The summed E-state index contributed by atoms with van der Waals surface area (Å²) in [5.41, 5.74) is 2.62. The summed E-state index contributed by atoms with van der Waals surface area (Å²) in [5, 5.41) is 0. The van der Waals surface area contributed by atoms with Crippen LogP contribution in [-0.4, -0.2) is 35.7 Å². The summed E-state index contributed by atoms with van der Waals surface area (Å²) < 4.78 is 5.71. The van der Waals surface area contributed by atoms with Crippen molar-refractivity contribution in [3.63, 3.8) is 0 Å². The van der Waals surface area contributed by atoms with Gasteiger partial charge in [0.05, 0.1) is 0 Å². The van der Waals surface area contributed by atoms with Gasteiger partial charge in [-0.05, 0) is 0 Å². The fraction of sp³-hybridized carbons (Fsp3) is 0.875. The van der Waals surface area contributed by atoms with E-state index in [-0.39, 0.29) is 5.97 Å². The molecule has 3 aliphatic carbocycles. The first-order valence-electron chi connectivity index (χ1n) is 12.0. The molecule has 3 saturated carbocycles. The Morgan fingerprint density at radius 2 is 1.18 bits per heavy atom. The fourth-order valence-corrected chi connectivity index (χ4v) is 16.8. The molecular formula is C24H42ClO2P. The number of halogens is 1. The van der Waals surface area contributed by atoms with Crippen molar-refractivity contribution in [3.8, 4) is 0 Å². The molecule has 0 aromatic heterocycles. The van der Waals surface area contributed by atoms with Gasteiger partial charge in [0.15, 0.2) is 0 Å². The molecule has 0 bridgehead atoms. The van der Waals surface area contributed by atoms with E-state index in [0.29, 0.717) is 29.2 Å². The predicted molar refractivity (Wildman–Crippen MR) is 124 cm³/mol. The quantitative estimate of drug-likeness (QED) is 0.235. The fourth-order valence-electron chi connectivity index (χ4n) is 6.87. The topological polar surface area (TPSA) is 26.3 Å². The molecule has 0 aromatic rings. The number of hydrogen-bond acceptors (Lipinski definition) is 2. The van der Waals surface area contributed by atoms with Crippen LogP contribution in [0.3, 0.4) is 0 Å². The van der Waals surface area contributed by atoms with Gasteiger partial charge in [0.1, 0.15) is 0 Å². The summed E-state index contributed by atoms with van der Waals surface area (Å²) in [5.74, 6) is -2.78. The summed E-state index contributed by atoms with van der Waals surface area (Å²) in [4.78, 5) is 12.1. The first kappa shape index (κ1) is 22.6. The second-order valence-electron chi connectivity index (χ2n) is 9.92. The van der Waals surface area contributed by atoms with Gasteiger partial charge in [0.25, 0.3) is 0 Å². The third kappa shape index (κ3) is 4.49. The molecule has 0 heterocycles. The third-order valence-electron chi connectivity index (χ3n) is 8.32. The number of esters is 1. The van der Waals surface area contributed by atoms with Crippen molar-refractivity contribution in [2.24, 2.45) is 0 Å². The van der Waals surface area contributed by atoms with E-state index >= 15 is 0 Å². The molecule has 3 rings (SSSR count). The molecule has 2 nitrogen and oxygen atoms in total. The first-order chi connectivity index (χ1) is 13.5. The van der Waals surface area contributed by atoms with Crippen LogP contribution in [0.5, 0.6) is 0 Å². The van der Waals surface area contributed by atoms with Crippen LogP contribution < -0.4 is 0 Å². The van der Waals surface area contributed by atoms with Crippen molar-refractivity contribution < 1.29 is 9.53 Å². The van der Waals surface area contributed by atoms with Crippen molar-refractivity contribution in [2.75, 3.05) is 12.8 Å². The van der Waals surface area contributed by atoms with E-state index in [1.54, 1.807) is 6.92 Å². The Kier molecular flexibility index (Phi) is 7.93. The van der Waals surface area contributed by atoms with Crippen molar-refractivity contribution in [1.82, 2.24) is 0 Å². The van der Waals surface area contributed by atoms with Gasteiger partial charge in [-0.15, -0.1) is 0 Å². The van der Waals surface area contributed by atoms with E-state index in [2.05, 4.69) is 6.58 Å². The number of ether oxygens (including phenoxy) is 1. The van der Waals surface area contributed by atoms with Gasteiger partial charge in [-0.2, -0.15) is 0 Å². The van der Waals surface area contributed by atoms with E-state index in [1.165, 1.54) is 96.3 Å². The molecule has 0 spiro atoms. The third-order valence-corrected chi connectivity index (χ3v) is 18.9. The monoisotopic (exact) mass is 428 g/mol. The molecule has 28 heavy (non-hydrogen) atoms. The number of carbonyl (C=O) groups is 1. The molecule has 0 aliphatic heterocycles. The van der Waals surface area contributed by atoms with Crippen LogP contribution in [0.2, 0.25) is 0 Å². The Morgan fingerprint density at radius 3 is 1.50 bits per heavy atom. The number of rotatable bonds is 7. The molecule has 162 valence electrons. The van der Waals surface area contributed by atoms with Crippen LogP contribution >= 0.6 is 17.2 Å². The molecule has 0 N–H and O–H groups in total. The van der Waals surface area contributed by atoms with Gasteiger partial charge in [0, 0.05) is 0 Å². The van der Waals surface area contributed by atoms with Crippen molar-refractivity contribution in [3.05, 3.63) is 12.2 Å². The Balaban J connectivity index is 1.94. The molecule has 0 unspecified atom stereocenters. The van der Waals surface area contributed by atoms with E-state index in [4.69, 9.17) is 16.0 Å². The molecule has 0 saturated heterocycles. The molecule has 0 radical (unpaired) electrons. The van der Waals surface area contributed by atoms with Gasteiger partial charge in [-0.3, -0.25) is 0 Å². The average Bonchev–Trinajstić information content (AvgIpc) is 2.75. The van der Waals surface area contributed by atoms with Crippen molar-refractivity contribution in [2.45, 2.75) is 120 Å². The van der Waals surface area contributed by atoms with Gasteiger partial charge < -0.3 is 0 Å². The second kappa shape index (κ2) is 9.82. The van der Waals surface area contributed by atoms with Gasteiger partial charge in [-0.1, -0.05) is 0 Å². The van der Waals surface area contributed by atoms with Gasteiger partial charge >= 0.3 is 178 Å². The normalized spacial score (nSPS) is 25.0. The van der Waals surface area contributed by atoms with Crippen LogP contribution in [0.1, 0.15) is 103 Å². The van der Waals surface area contributed by atoms with Crippen LogP contribution in [0.25, 0.3) is 0 Å². The average molecular weight is 429 g/mol. The molecule has 4 heteroatoms. The number of carbonyl (C=O) groups excluding carboxylic acids is 1. The summed E-state index contributed by atoms with van der Waals surface area (Å²) >= 11 is 8.31.